The second-order valence-corrected chi connectivity index (χ2v) is 8.31. The van der Waals surface area contributed by atoms with Crippen LogP contribution in [0.3, 0.4) is 0 Å². The first-order valence-corrected chi connectivity index (χ1v) is 11.5. The number of nitro benzene ring substituents is 1. The molecular formula is C26H20FN5O6. The number of rotatable bonds is 8. The number of nitro groups is 1. The van der Waals surface area contributed by atoms with E-state index in [1.807, 2.05) is 30.3 Å². The Balaban J connectivity index is 1.66. The van der Waals surface area contributed by atoms with Gasteiger partial charge < -0.3 is 14.4 Å². The van der Waals surface area contributed by atoms with Crippen molar-refractivity contribution in [2.24, 2.45) is 0 Å². The van der Waals surface area contributed by atoms with Crippen LogP contribution in [0.5, 0.6) is 11.5 Å². The summed E-state index contributed by atoms with van der Waals surface area (Å²) in [6.07, 6.45) is 0. The number of H-pyrrole nitrogens is 1. The van der Waals surface area contributed by atoms with E-state index in [-0.39, 0.29) is 53.7 Å². The van der Waals surface area contributed by atoms with E-state index in [9.17, 15) is 29.2 Å². The van der Waals surface area contributed by atoms with Gasteiger partial charge in [-0.3, -0.25) is 24.5 Å². The number of nitrogens with one attached hydrogen (secondary N) is 1. The molecule has 12 heteroatoms. The molecule has 3 aromatic carbocycles. The average molecular weight is 517 g/mol. The van der Waals surface area contributed by atoms with Crippen LogP contribution in [0.4, 0.5) is 10.1 Å². The first kappa shape index (κ1) is 24.6. The lowest BCUT2D eigenvalue weighted by atomic mass is 10.1. The normalized spacial score (nSPS) is 11.1. The van der Waals surface area contributed by atoms with Gasteiger partial charge in [0, 0.05) is 18.2 Å². The van der Waals surface area contributed by atoms with Gasteiger partial charge in [0.25, 0.3) is 5.56 Å². The van der Waals surface area contributed by atoms with Crippen molar-refractivity contribution >= 4 is 16.9 Å². The van der Waals surface area contributed by atoms with E-state index in [2.05, 4.69) is 9.97 Å². The number of aromatic nitrogens is 4. The summed E-state index contributed by atoms with van der Waals surface area (Å²) in [6, 6.07) is 18.2. The Morgan fingerprint density at radius 2 is 1.76 bits per heavy atom. The number of aliphatic hydroxyl groups is 1. The zero-order chi connectivity index (χ0) is 26.8. The van der Waals surface area contributed by atoms with Crippen LogP contribution >= 0.6 is 0 Å². The van der Waals surface area contributed by atoms with Crippen molar-refractivity contribution < 1.29 is 19.2 Å². The summed E-state index contributed by atoms with van der Waals surface area (Å²) < 4.78 is 21.5. The largest absolute Gasteiger partial charge is 0.450 e. The molecule has 0 saturated heterocycles. The Bertz CT molecular complexity index is 1760. The molecule has 0 aliphatic carbocycles. The second kappa shape index (κ2) is 10.1. The smallest absolute Gasteiger partial charge is 0.330 e. The highest BCUT2D eigenvalue weighted by Gasteiger charge is 2.23. The Hall–Kier alpha value is -5.10. The van der Waals surface area contributed by atoms with Crippen molar-refractivity contribution in [3.05, 3.63) is 115 Å². The molecule has 0 saturated carbocycles. The van der Waals surface area contributed by atoms with Crippen LogP contribution in [0.15, 0.2) is 82.4 Å². The number of ether oxygens (including phenoxy) is 1. The van der Waals surface area contributed by atoms with Gasteiger partial charge >= 0.3 is 11.4 Å². The number of hydrogen-bond donors (Lipinski definition) is 2. The molecule has 38 heavy (non-hydrogen) atoms. The third-order valence-electron chi connectivity index (χ3n) is 5.85. The molecule has 2 heterocycles. The van der Waals surface area contributed by atoms with Crippen LogP contribution in [0.1, 0.15) is 5.56 Å². The molecule has 0 spiro atoms. The van der Waals surface area contributed by atoms with Crippen LogP contribution in [0.25, 0.3) is 22.6 Å². The van der Waals surface area contributed by atoms with E-state index in [0.29, 0.717) is 0 Å². The molecule has 11 nitrogen and oxygen atoms in total. The van der Waals surface area contributed by atoms with Crippen LogP contribution in [-0.2, 0) is 13.1 Å². The molecular weight excluding hydrogens is 497 g/mol. The maximum atomic E-state index is 13.2. The minimum Gasteiger partial charge on any atom is -0.450 e. The summed E-state index contributed by atoms with van der Waals surface area (Å²) in [5.41, 5.74) is -0.609. The van der Waals surface area contributed by atoms with Gasteiger partial charge in [0.1, 0.15) is 17.4 Å². The number of imidazole rings is 1. The predicted molar refractivity (Wildman–Crippen MR) is 136 cm³/mol. The van der Waals surface area contributed by atoms with E-state index in [1.165, 1.54) is 51.6 Å². The Labute approximate surface area is 213 Å². The van der Waals surface area contributed by atoms with Crippen molar-refractivity contribution in [1.29, 1.82) is 0 Å². The third-order valence-corrected chi connectivity index (χ3v) is 5.85. The highest BCUT2D eigenvalue weighted by molar-refractivity contribution is 5.78. The van der Waals surface area contributed by atoms with Crippen molar-refractivity contribution in [2.75, 3.05) is 6.61 Å². The highest BCUT2D eigenvalue weighted by atomic mass is 19.1. The SMILES string of the molecule is O=c1[nH]c(=O)n(Cc2ccccc2)c2nc(-c3ccc(Oc4ccc(F)cc4)c([N+](=O)[O-])c3)n(CCO)c12. The number of benzene rings is 3. The lowest BCUT2D eigenvalue weighted by molar-refractivity contribution is -0.385. The van der Waals surface area contributed by atoms with E-state index in [4.69, 9.17) is 4.74 Å². The van der Waals surface area contributed by atoms with E-state index in [1.54, 1.807) is 0 Å². The zero-order valence-corrected chi connectivity index (χ0v) is 19.7. The Kier molecular flexibility index (Phi) is 6.54. The maximum absolute atomic E-state index is 13.2. The molecule has 0 unspecified atom stereocenters. The van der Waals surface area contributed by atoms with Crippen molar-refractivity contribution in [2.45, 2.75) is 13.1 Å². The van der Waals surface area contributed by atoms with Gasteiger partial charge in [-0.1, -0.05) is 30.3 Å². The fraction of sp³-hybridized carbons (Fsp3) is 0.115. The summed E-state index contributed by atoms with van der Waals surface area (Å²) in [4.78, 5) is 43.6. The molecule has 0 amide bonds. The fourth-order valence-electron chi connectivity index (χ4n) is 4.14. The van der Waals surface area contributed by atoms with Gasteiger partial charge in [-0.05, 0) is 42.0 Å². The van der Waals surface area contributed by atoms with Crippen molar-refractivity contribution in [3.63, 3.8) is 0 Å². The molecule has 0 aliphatic rings. The number of hydrogen-bond acceptors (Lipinski definition) is 7. The van der Waals surface area contributed by atoms with Crippen molar-refractivity contribution in [3.8, 4) is 22.9 Å². The Morgan fingerprint density at radius 3 is 2.45 bits per heavy atom. The van der Waals surface area contributed by atoms with Gasteiger partial charge in [-0.15, -0.1) is 0 Å². The number of aliphatic hydroxyl groups excluding tert-OH is 1. The molecule has 5 rings (SSSR count). The molecule has 5 aromatic rings. The molecule has 2 N–H and O–H groups in total. The number of halogens is 1. The zero-order valence-electron chi connectivity index (χ0n) is 19.7. The van der Waals surface area contributed by atoms with Gasteiger partial charge in [0.15, 0.2) is 11.2 Å². The molecule has 192 valence electrons. The highest BCUT2D eigenvalue weighted by Crippen LogP contribution is 2.35. The minimum absolute atomic E-state index is 0.0406. The summed E-state index contributed by atoms with van der Waals surface area (Å²) >= 11 is 0. The Morgan fingerprint density at radius 1 is 1.03 bits per heavy atom. The van der Waals surface area contributed by atoms with E-state index in [0.717, 1.165) is 5.56 Å². The predicted octanol–water partition coefficient (Wildman–Crippen LogP) is 3.43. The van der Waals surface area contributed by atoms with Crippen LogP contribution in [-0.4, -0.2) is 35.7 Å². The van der Waals surface area contributed by atoms with Gasteiger partial charge in [0.05, 0.1) is 18.1 Å². The van der Waals surface area contributed by atoms with Crippen molar-refractivity contribution in [1.82, 2.24) is 19.1 Å². The molecule has 0 radical (unpaired) electrons. The lowest BCUT2D eigenvalue weighted by Gasteiger charge is -2.10. The van der Waals surface area contributed by atoms with Gasteiger partial charge in [-0.25, -0.2) is 14.2 Å². The van der Waals surface area contributed by atoms with Crippen LogP contribution in [0, 0.1) is 15.9 Å². The van der Waals surface area contributed by atoms with E-state index < -0.39 is 27.7 Å². The molecule has 2 aromatic heterocycles. The average Bonchev–Trinajstić information content (AvgIpc) is 3.28. The first-order chi connectivity index (χ1) is 18.4. The monoisotopic (exact) mass is 517 g/mol. The lowest BCUT2D eigenvalue weighted by Crippen LogP contribution is -2.31. The van der Waals surface area contributed by atoms with Crippen LogP contribution in [0.2, 0.25) is 0 Å². The summed E-state index contributed by atoms with van der Waals surface area (Å²) in [7, 11) is 0. The first-order valence-electron chi connectivity index (χ1n) is 11.5. The fourth-order valence-corrected chi connectivity index (χ4v) is 4.14. The number of aromatic amines is 1. The summed E-state index contributed by atoms with van der Waals surface area (Å²) in [6.45, 7) is -0.295. The van der Waals surface area contributed by atoms with E-state index >= 15 is 0 Å². The standard InChI is InChI=1S/C26H20FN5O6/c27-18-7-9-19(10-8-18)38-21-11-6-17(14-20(21)32(36)37)23-28-24-22(30(23)12-13-33)25(34)29-26(35)31(24)15-16-4-2-1-3-5-16/h1-11,14,33H,12-13,15H2,(H,29,34,35). The molecule has 0 atom stereocenters. The second-order valence-electron chi connectivity index (χ2n) is 8.31. The van der Waals surface area contributed by atoms with Gasteiger partial charge in [-0.2, -0.15) is 0 Å². The number of fused-ring (bicyclic) bond motifs is 1. The quantitative estimate of drug-likeness (QED) is 0.237. The topological polar surface area (TPSA) is 145 Å². The minimum atomic E-state index is -0.702. The summed E-state index contributed by atoms with van der Waals surface area (Å²) in [5.74, 6) is -0.227. The third kappa shape index (κ3) is 4.67. The summed E-state index contributed by atoms with van der Waals surface area (Å²) in [5, 5.41) is 21.6. The van der Waals surface area contributed by atoms with Crippen LogP contribution < -0.4 is 16.0 Å². The maximum Gasteiger partial charge on any atom is 0.330 e. The number of nitrogens with zero attached hydrogens (tertiary/aromatic N) is 4. The molecule has 0 fully saturated rings. The molecule has 0 aliphatic heterocycles. The molecule has 0 bridgehead atoms. The van der Waals surface area contributed by atoms with Gasteiger partial charge in [0.2, 0.25) is 5.75 Å².